The molecule has 166 valence electrons. The topological polar surface area (TPSA) is 91.9 Å². The van der Waals surface area contributed by atoms with Gasteiger partial charge < -0.3 is 19.9 Å². The van der Waals surface area contributed by atoms with E-state index in [2.05, 4.69) is 26.8 Å². The van der Waals surface area contributed by atoms with Gasteiger partial charge in [-0.1, -0.05) is 17.9 Å². The predicted octanol–water partition coefficient (Wildman–Crippen LogP) is 3.75. The average Bonchev–Trinajstić information content (AvgIpc) is 3.21. The lowest BCUT2D eigenvalue weighted by molar-refractivity contribution is 0.0741. The van der Waals surface area contributed by atoms with Crippen molar-refractivity contribution in [2.24, 2.45) is 10.7 Å². The molecule has 0 saturated carbocycles. The van der Waals surface area contributed by atoms with Crippen LogP contribution in [0.5, 0.6) is 11.5 Å². The highest BCUT2D eigenvalue weighted by molar-refractivity contribution is 5.78. The summed E-state index contributed by atoms with van der Waals surface area (Å²) in [5, 5.41) is 0. The lowest BCUT2D eigenvalue weighted by Gasteiger charge is -2.34. The average molecular weight is 444 g/mol. The van der Waals surface area contributed by atoms with Crippen molar-refractivity contribution in [2.75, 3.05) is 13.7 Å². The Balaban J connectivity index is 1.70. The number of amidine groups is 1. The van der Waals surface area contributed by atoms with E-state index in [1.54, 1.807) is 31.6 Å². The van der Waals surface area contributed by atoms with E-state index in [1.165, 1.54) is 12.4 Å². The molecule has 2 aliphatic rings. The monoisotopic (exact) mass is 444 g/mol. The molecule has 0 aliphatic carbocycles. The quantitative estimate of drug-likeness (QED) is 0.606. The summed E-state index contributed by atoms with van der Waals surface area (Å²) in [5.74, 6) is 6.02. The van der Waals surface area contributed by atoms with E-state index in [9.17, 15) is 0 Å². The minimum absolute atomic E-state index is 0.0275. The number of halogens is 1. The van der Waals surface area contributed by atoms with Crippen molar-refractivity contribution in [1.82, 2.24) is 9.97 Å². The van der Waals surface area contributed by atoms with Crippen molar-refractivity contribution in [1.29, 1.82) is 0 Å². The van der Waals surface area contributed by atoms with Crippen LogP contribution in [-0.2, 0) is 15.0 Å². The zero-order valence-electron chi connectivity index (χ0n) is 18.3. The van der Waals surface area contributed by atoms with Crippen LogP contribution in [0.4, 0.5) is 4.39 Å². The number of ether oxygens (including phenoxy) is 3. The van der Waals surface area contributed by atoms with Gasteiger partial charge in [-0.3, -0.25) is 0 Å². The van der Waals surface area contributed by atoms with Crippen LogP contribution in [-0.4, -0.2) is 35.3 Å². The largest absolute Gasteiger partial charge is 0.462 e. The first-order chi connectivity index (χ1) is 15.8. The van der Waals surface area contributed by atoms with Crippen molar-refractivity contribution in [3.63, 3.8) is 0 Å². The molecule has 0 unspecified atom stereocenters. The van der Waals surface area contributed by atoms with E-state index in [-0.39, 0.29) is 18.4 Å². The summed E-state index contributed by atoms with van der Waals surface area (Å²) in [7, 11) is 1.57. The maximum Gasteiger partial charge on any atom is 0.283 e. The number of hydrogen-bond acceptors (Lipinski definition) is 7. The summed E-state index contributed by atoms with van der Waals surface area (Å²) >= 11 is 0. The van der Waals surface area contributed by atoms with Crippen molar-refractivity contribution in [3.8, 4) is 34.5 Å². The van der Waals surface area contributed by atoms with Gasteiger partial charge in [-0.15, -0.1) is 0 Å². The Hall–Kier alpha value is -3.96. The number of hydrogen-bond donors (Lipinski definition) is 1. The maximum atomic E-state index is 15.2. The molecule has 0 bridgehead atoms. The van der Waals surface area contributed by atoms with Crippen LogP contribution in [0.25, 0.3) is 11.1 Å². The Labute approximate surface area is 190 Å². The number of aliphatic imine (C=N–C) groups is 1. The van der Waals surface area contributed by atoms with Gasteiger partial charge in [0.05, 0.1) is 0 Å². The Bertz CT molecular complexity index is 1340. The first-order valence-corrected chi connectivity index (χ1v) is 10.3. The highest BCUT2D eigenvalue weighted by Gasteiger charge is 2.48. The minimum Gasteiger partial charge on any atom is -0.462 e. The molecular formula is C25H21FN4O3. The van der Waals surface area contributed by atoms with Crippen LogP contribution < -0.4 is 10.5 Å². The first-order valence-electron chi connectivity index (χ1n) is 10.3. The molecule has 5 rings (SSSR count). The summed E-state index contributed by atoms with van der Waals surface area (Å²) in [4.78, 5) is 12.8. The Morgan fingerprint density at radius 1 is 1.12 bits per heavy atom. The second kappa shape index (κ2) is 7.57. The molecule has 7 nitrogen and oxygen atoms in total. The molecule has 0 amide bonds. The van der Waals surface area contributed by atoms with E-state index in [0.29, 0.717) is 22.4 Å². The molecule has 33 heavy (non-hydrogen) atoms. The summed E-state index contributed by atoms with van der Waals surface area (Å²) in [6.45, 7) is 3.78. The van der Waals surface area contributed by atoms with E-state index in [4.69, 9.17) is 19.9 Å². The van der Waals surface area contributed by atoms with Crippen molar-refractivity contribution in [3.05, 3.63) is 71.6 Å². The SMILES string of the molecule is COC(C)(C)C#Cc1cc(F)c2c(c1)[C@@]1(COC(N)=N1)c1cc(-c3cncnc3)ccc1O2. The smallest absolute Gasteiger partial charge is 0.283 e. The molecule has 1 aromatic heterocycles. The third kappa shape index (κ3) is 3.56. The van der Waals surface area contributed by atoms with Gasteiger partial charge in [-0.05, 0) is 43.7 Å². The van der Waals surface area contributed by atoms with E-state index >= 15 is 4.39 Å². The lowest BCUT2D eigenvalue weighted by atomic mass is 9.79. The van der Waals surface area contributed by atoms with Gasteiger partial charge >= 0.3 is 0 Å². The van der Waals surface area contributed by atoms with Crippen LogP contribution in [0.15, 0.2) is 54.0 Å². The van der Waals surface area contributed by atoms with Crippen LogP contribution in [0, 0.1) is 17.7 Å². The van der Waals surface area contributed by atoms with E-state index < -0.39 is 17.0 Å². The maximum absolute atomic E-state index is 15.2. The first kappa shape index (κ1) is 20.9. The molecule has 1 spiro atoms. The Morgan fingerprint density at radius 3 is 2.61 bits per heavy atom. The minimum atomic E-state index is -1.08. The lowest BCUT2D eigenvalue weighted by Crippen LogP contribution is -2.31. The fourth-order valence-corrected chi connectivity index (χ4v) is 3.88. The zero-order valence-corrected chi connectivity index (χ0v) is 18.3. The zero-order chi connectivity index (χ0) is 23.2. The summed E-state index contributed by atoms with van der Waals surface area (Å²) in [6.07, 6.45) is 4.90. The molecule has 0 saturated heterocycles. The summed E-state index contributed by atoms with van der Waals surface area (Å²) in [6, 6.07) is 8.70. The predicted molar refractivity (Wildman–Crippen MR) is 120 cm³/mol. The molecule has 1 atom stereocenters. The molecule has 3 heterocycles. The molecule has 2 aromatic carbocycles. The van der Waals surface area contributed by atoms with Crippen LogP contribution >= 0.6 is 0 Å². The number of aromatic nitrogens is 2. The normalized spacial score (nSPS) is 18.4. The van der Waals surface area contributed by atoms with Gasteiger partial charge in [0, 0.05) is 41.8 Å². The van der Waals surface area contributed by atoms with Gasteiger partial charge in [-0.25, -0.2) is 19.4 Å². The van der Waals surface area contributed by atoms with Gasteiger partial charge in [0.15, 0.2) is 17.1 Å². The highest BCUT2D eigenvalue weighted by Crippen LogP contribution is 2.52. The number of nitrogens with zero attached hydrogens (tertiary/aromatic N) is 3. The van der Waals surface area contributed by atoms with Crippen molar-refractivity contribution >= 4 is 6.02 Å². The number of nitrogens with two attached hydrogens (primary N) is 1. The third-order valence-corrected chi connectivity index (χ3v) is 5.77. The second-order valence-electron chi connectivity index (χ2n) is 8.34. The van der Waals surface area contributed by atoms with Crippen LogP contribution in [0.1, 0.15) is 30.5 Å². The number of rotatable bonds is 2. The molecule has 2 N–H and O–H groups in total. The number of benzene rings is 2. The van der Waals surface area contributed by atoms with E-state index in [0.717, 1.165) is 11.1 Å². The van der Waals surface area contributed by atoms with Crippen molar-refractivity contribution in [2.45, 2.75) is 25.0 Å². The molecular weight excluding hydrogens is 423 g/mol. The van der Waals surface area contributed by atoms with Gasteiger partial charge in [-0.2, -0.15) is 0 Å². The van der Waals surface area contributed by atoms with Gasteiger partial charge in [0.2, 0.25) is 0 Å². The summed E-state index contributed by atoms with van der Waals surface area (Å²) in [5.41, 5.74) is 7.54. The molecule has 0 fully saturated rings. The fraction of sp³-hybridized carbons (Fsp3) is 0.240. The van der Waals surface area contributed by atoms with Gasteiger partial charge in [0.1, 0.15) is 24.3 Å². The van der Waals surface area contributed by atoms with Crippen LogP contribution in [0.3, 0.4) is 0 Å². The Morgan fingerprint density at radius 2 is 1.91 bits per heavy atom. The number of methoxy groups -OCH3 is 1. The standard InChI is InChI=1S/C25H21FN4O3/c1-24(2,31-3)7-6-15-8-19-22(20(26)9-15)33-21-5-4-16(17-11-28-14-29-12-17)10-18(21)25(19)13-32-23(27)30-25/h4-5,8-12,14H,13H2,1-3H3,(H2,27,30)/t25-/m1/s1. The summed E-state index contributed by atoms with van der Waals surface area (Å²) < 4.78 is 32.2. The molecule has 0 radical (unpaired) electrons. The highest BCUT2D eigenvalue weighted by atomic mass is 19.1. The number of fused-ring (bicyclic) bond motifs is 4. The fourth-order valence-electron chi connectivity index (χ4n) is 3.88. The molecule has 2 aliphatic heterocycles. The molecule has 8 heteroatoms. The Kier molecular flexibility index (Phi) is 4.80. The van der Waals surface area contributed by atoms with Crippen LogP contribution in [0.2, 0.25) is 0 Å². The third-order valence-electron chi connectivity index (χ3n) is 5.77. The van der Waals surface area contributed by atoms with Gasteiger partial charge in [0.25, 0.3) is 6.02 Å². The van der Waals surface area contributed by atoms with E-state index in [1.807, 2.05) is 26.0 Å². The second-order valence-corrected chi connectivity index (χ2v) is 8.34. The van der Waals surface area contributed by atoms with Crippen molar-refractivity contribution < 1.29 is 18.6 Å². The molecule has 3 aromatic rings.